The Morgan fingerprint density at radius 3 is 2.78 bits per heavy atom. The van der Waals surface area contributed by atoms with Crippen molar-refractivity contribution in [3.8, 4) is 10.6 Å². The number of furan rings is 1. The lowest BCUT2D eigenvalue weighted by Gasteiger charge is -1.96. The first-order chi connectivity index (χ1) is 8.58. The smallest absolute Gasteiger partial charge is 0.350 e. The zero-order valence-corrected chi connectivity index (χ0v) is 11.4. The predicted molar refractivity (Wildman–Crippen MR) is 71.9 cm³/mol. The third-order valence-electron chi connectivity index (χ3n) is 2.80. The van der Waals surface area contributed by atoms with E-state index in [1.807, 2.05) is 26.0 Å². The number of nitrogen functional groups attached to an aromatic ring is 1. The summed E-state index contributed by atoms with van der Waals surface area (Å²) in [6.07, 6.45) is 0.837. The van der Waals surface area contributed by atoms with E-state index in [0.717, 1.165) is 28.4 Å². The van der Waals surface area contributed by atoms with E-state index in [2.05, 4.69) is 0 Å². The molecule has 0 saturated heterocycles. The molecule has 2 aromatic heterocycles. The van der Waals surface area contributed by atoms with Crippen LogP contribution in [0.4, 0.5) is 5.69 Å². The average Bonchev–Trinajstić information content (AvgIpc) is 2.95. The minimum Gasteiger partial charge on any atom is -0.465 e. The molecule has 2 rings (SSSR count). The van der Waals surface area contributed by atoms with E-state index in [9.17, 15) is 4.79 Å². The van der Waals surface area contributed by atoms with Crippen LogP contribution in [0.25, 0.3) is 10.6 Å². The van der Waals surface area contributed by atoms with Crippen LogP contribution in [-0.2, 0) is 11.2 Å². The Morgan fingerprint density at radius 2 is 2.22 bits per heavy atom. The third-order valence-corrected chi connectivity index (χ3v) is 4.10. The number of rotatable bonds is 3. The number of esters is 1. The number of ether oxygens (including phenoxy) is 1. The summed E-state index contributed by atoms with van der Waals surface area (Å²) in [5.41, 5.74) is 7.25. The molecule has 2 aromatic rings. The van der Waals surface area contributed by atoms with Gasteiger partial charge >= 0.3 is 5.97 Å². The maximum atomic E-state index is 11.6. The van der Waals surface area contributed by atoms with E-state index in [0.29, 0.717) is 10.6 Å². The number of methoxy groups -OCH3 is 1. The third kappa shape index (κ3) is 2.01. The highest BCUT2D eigenvalue weighted by Gasteiger charge is 2.21. The number of nitrogens with two attached hydrogens (primary N) is 1. The Balaban J connectivity index is 2.49. The van der Waals surface area contributed by atoms with E-state index in [4.69, 9.17) is 14.9 Å². The number of hydrogen-bond acceptors (Lipinski definition) is 5. The fourth-order valence-electron chi connectivity index (χ4n) is 1.70. The van der Waals surface area contributed by atoms with Crippen molar-refractivity contribution in [3.05, 3.63) is 28.3 Å². The van der Waals surface area contributed by atoms with Crippen LogP contribution in [-0.4, -0.2) is 13.1 Å². The summed E-state index contributed by atoms with van der Waals surface area (Å²) in [5, 5.41) is 0. The molecule has 0 unspecified atom stereocenters. The second kappa shape index (κ2) is 4.86. The molecule has 0 aliphatic carbocycles. The van der Waals surface area contributed by atoms with Gasteiger partial charge in [-0.1, -0.05) is 6.92 Å². The van der Waals surface area contributed by atoms with Crippen LogP contribution in [0, 0.1) is 6.92 Å². The maximum Gasteiger partial charge on any atom is 0.350 e. The van der Waals surface area contributed by atoms with Crippen molar-refractivity contribution in [1.82, 2.24) is 0 Å². The van der Waals surface area contributed by atoms with Gasteiger partial charge in [0.2, 0.25) is 0 Å². The first kappa shape index (κ1) is 12.7. The Hall–Kier alpha value is -1.75. The molecule has 0 aliphatic rings. The number of hydrogen-bond donors (Lipinski definition) is 1. The van der Waals surface area contributed by atoms with E-state index in [1.54, 1.807) is 0 Å². The monoisotopic (exact) mass is 265 g/mol. The molecule has 2 heterocycles. The fraction of sp³-hybridized carbons (Fsp3) is 0.308. The highest BCUT2D eigenvalue weighted by atomic mass is 32.1. The standard InChI is InChI=1S/C13H15NO3S/c1-4-8-5-6-9(17-8)11-7(2)10(14)12(18-11)13(15)16-3/h5-6H,4,14H2,1-3H3. The molecule has 0 aliphatic heterocycles. The summed E-state index contributed by atoms with van der Waals surface area (Å²) in [5.74, 6) is 1.25. The lowest BCUT2D eigenvalue weighted by Crippen LogP contribution is -2.01. The van der Waals surface area contributed by atoms with Gasteiger partial charge in [0.25, 0.3) is 0 Å². The summed E-state index contributed by atoms with van der Waals surface area (Å²) in [6, 6.07) is 3.83. The predicted octanol–water partition coefficient (Wildman–Crippen LogP) is 3.25. The van der Waals surface area contributed by atoms with Gasteiger partial charge in [0.15, 0.2) is 0 Å². The molecule has 5 heteroatoms. The molecular weight excluding hydrogens is 250 g/mol. The number of aryl methyl sites for hydroxylation is 1. The van der Waals surface area contributed by atoms with E-state index >= 15 is 0 Å². The fourth-order valence-corrected chi connectivity index (χ4v) is 2.80. The van der Waals surface area contributed by atoms with E-state index < -0.39 is 5.97 Å². The summed E-state index contributed by atoms with van der Waals surface area (Å²) in [6.45, 7) is 3.90. The van der Waals surface area contributed by atoms with Crippen LogP contribution in [0.15, 0.2) is 16.5 Å². The second-order valence-electron chi connectivity index (χ2n) is 3.91. The molecule has 0 saturated carbocycles. The Morgan fingerprint density at radius 1 is 1.50 bits per heavy atom. The van der Waals surface area contributed by atoms with Gasteiger partial charge in [-0.05, 0) is 24.6 Å². The molecule has 0 atom stereocenters. The van der Waals surface area contributed by atoms with Gasteiger partial charge in [0.1, 0.15) is 16.4 Å². The lowest BCUT2D eigenvalue weighted by atomic mass is 10.2. The number of carbonyl (C=O) groups is 1. The van der Waals surface area contributed by atoms with E-state index in [1.165, 1.54) is 18.4 Å². The molecule has 4 nitrogen and oxygen atoms in total. The van der Waals surface area contributed by atoms with E-state index in [-0.39, 0.29) is 0 Å². The van der Waals surface area contributed by atoms with Gasteiger partial charge in [0.05, 0.1) is 17.7 Å². The van der Waals surface area contributed by atoms with Crippen LogP contribution in [0.1, 0.15) is 27.9 Å². The van der Waals surface area contributed by atoms with Crippen molar-refractivity contribution in [1.29, 1.82) is 0 Å². The summed E-state index contributed by atoms with van der Waals surface area (Å²) in [4.78, 5) is 12.9. The Labute approximate surface area is 109 Å². The largest absolute Gasteiger partial charge is 0.465 e. The maximum absolute atomic E-state index is 11.6. The van der Waals surface area contributed by atoms with Crippen molar-refractivity contribution >= 4 is 23.0 Å². The van der Waals surface area contributed by atoms with Crippen molar-refractivity contribution in [2.45, 2.75) is 20.3 Å². The topological polar surface area (TPSA) is 65.5 Å². The molecule has 18 heavy (non-hydrogen) atoms. The minimum atomic E-state index is -0.408. The van der Waals surface area contributed by atoms with Gasteiger partial charge < -0.3 is 14.9 Å². The van der Waals surface area contributed by atoms with Gasteiger partial charge in [-0.2, -0.15) is 0 Å². The minimum absolute atomic E-state index is 0.408. The molecule has 96 valence electrons. The first-order valence-corrected chi connectivity index (χ1v) is 6.46. The zero-order chi connectivity index (χ0) is 13.3. The summed E-state index contributed by atoms with van der Waals surface area (Å²) in [7, 11) is 1.35. The number of thiophene rings is 1. The van der Waals surface area contributed by atoms with Crippen molar-refractivity contribution in [2.75, 3.05) is 12.8 Å². The highest BCUT2D eigenvalue weighted by molar-refractivity contribution is 7.18. The van der Waals surface area contributed by atoms with Crippen LogP contribution in [0.3, 0.4) is 0 Å². The van der Waals surface area contributed by atoms with Gasteiger partial charge in [-0.25, -0.2) is 4.79 Å². The average molecular weight is 265 g/mol. The molecule has 0 amide bonds. The van der Waals surface area contributed by atoms with Crippen LogP contribution >= 0.6 is 11.3 Å². The molecule has 0 fully saturated rings. The summed E-state index contributed by atoms with van der Waals surface area (Å²) >= 11 is 1.30. The molecule has 0 aromatic carbocycles. The van der Waals surface area contributed by atoms with Crippen molar-refractivity contribution in [2.24, 2.45) is 0 Å². The van der Waals surface area contributed by atoms with Gasteiger partial charge in [0, 0.05) is 6.42 Å². The van der Waals surface area contributed by atoms with Crippen molar-refractivity contribution < 1.29 is 13.9 Å². The molecule has 0 spiro atoms. The molecular formula is C13H15NO3S. The normalized spacial score (nSPS) is 10.6. The lowest BCUT2D eigenvalue weighted by molar-refractivity contribution is 0.0607. The Kier molecular flexibility index (Phi) is 3.43. The Bertz CT molecular complexity index is 583. The first-order valence-electron chi connectivity index (χ1n) is 5.64. The second-order valence-corrected chi connectivity index (χ2v) is 4.93. The summed E-state index contributed by atoms with van der Waals surface area (Å²) < 4.78 is 10.4. The van der Waals surface area contributed by atoms with Crippen LogP contribution < -0.4 is 5.73 Å². The van der Waals surface area contributed by atoms with Crippen LogP contribution in [0.5, 0.6) is 0 Å². The van der Waals surface area contributed by atoms with Gasteiger partial charge in [-0.3, -0.25) is 0 Å². The van der Waals surface area contributed by atoms with Crippen molar-refractivity contribution in [3.63, 3.8) is 0 Å². The quantitative estimate of drug-likeness (QED) is 0.865. The van der Waals surface area contributed by atoms with Gasteiger partial charge in [-0.15, -0.1) is 11.3 Å². The van der Waals surface area contributed by atoms with Crippen LogP contribution in [0.2, 0.25) is 0 Å². The SMILES string of the molecule is CCc1ccc(-c2sc(C(=O)OC)c(N)c2C)o1. The molecule has 2 N–H and O–H groups in total. The number of carbonyl (C=O) groups excluding carboxylic acids is 1. The highest BCUT2D eigenvalue weighted by Crippen LogP contribution is 2.39. The zero-order valence-electron chi connectivity index (χ0n) is 10.6. The number of anilines is 1. The molecule has 0 bridgehead atoms. The molecule has 0 radical (unpaired) electrons.